The van der Waals surface area contributed by atoms with Crippen LogP contribution in [-0.4, -0.2) is 19.4 Å². The summed E-state index contributed by atoms with van der Waals surface area (Å²) < 4.78 is 5.12. The molecule has 4 nitrogen and oxygen atoms in total. The van der Waals surface area contributed by atoms with Gasteiger partial charge in [0.05, 0.1) is 6.26 Å². The van der Waals surface area contributed by atoms with E-state index in [-0.39, 0.29) is 0 Å². The Hall–Kier alpha value is -1.13. The standard InChI is InChI=1S/C8H9N2O2/c11-6-8(9-3-4-10-8)7-2-1-5-12-7/h1-2,5,9-10H,3-4H2. The highest BCUT2D eigenvalue weighted by atomic mass is 16.3. The van der Waals surface area contributed by atoms with Gasteiger partial charge in [0, 0.05) is 13.1 Å². The first-order chi connectivity index (χ1) is 5.87. The zero-order valence-electron chi connectivity index (χ0n) is 6.46. The number of rotatable bonds is 2. The Balaban J connectivity index is 2.34. The molecule has 0 saturated carbocycles. The summed E-state index contributed by atoms with van der Waals surface area (Å²) in [5.41, 5.74) is -0.913. The lowest BCUT2D eigenvalue weighted by molar-refractivity contribution is 0.347. The summed E-state index contributed by atoms with van der Waals surface area (Å²) in [5.74, 6) is 0.565. The van der Waals surface area contributed by atoms with Crippen LogP contribution in [0.4, 0.5) is 0 Å². The molecule has 1 saturated heterocycles. The molecule has 2 heterocycles. The first-order valence-corrected chi connectivity index (χ1v) is 3.81. The first kappa shape index (κ1) is 7.52. The van der Waals surface area contributed by atoms with Crippen LogP contribution in [0.1, 0.15) is 5.76 Å². The van der Waals surface area contributed by atoms with Gasteiger partial charge in [-0.15, -0.1) is 0 Å². The van der Waals surface area contributed by atoms with Gasteiger partial charge in [0.1, 0.15) is 5.76 Å². The van der Waals surface area contributed by atoms with Crippen LogP contribution in [0, 0.1) is 0 Å². The monoisotopic (exact) mass is 165 g/mol. The Bertz CT molecular complexity index is 263. The third kappa shape index (κ3) is 0.964. The van der Waals surface area contributed by atoms with Gasteiger partial charge in [-0.05, 0) is 12.1 Å². The highest BCUT2D eigenvalue weighted by molar-refractivity contribution is 5.67. The maximum Gasteiger partial charge on any atom is 0.244 e. The molecule has 1 aliphatic rings. The molecule has 2 N–H and O–H groups in total. The van der Waals surface area contributed by atoms with Crippen molar-refractivity contribution in [1.82, 2.24) is 10.6 Å². The predicted octanol–water partition coefficient (Wildman–Crippen LogP) is -0.265. The molecule has 0 spiro atoms. The lowest BCUT2D eigenvalue weighted by Crippen LogP contribution is -2.47. The molecule has 12 heavy (non-hydrogen) atoms. The van der Waals surface area contributed by atoms with Crippen LogP contribution >= 0.6 is 0 Å². The maximum atomic E-state index is 10.7. The minimum absolute atomic E-state index is 0.565. The maximum absolute atomic E-state index is 10.7. The Labute approximate surface area is 69.9 Å². The van der Waals surface area contributed by atoms with E-state index in [1.165, 1.54) is 6.26 Å². The number of hydrogen-bond acceptors (Lipinski definition) is 4. The van der Waals surface area contributed by atoms with Crippen molar-refractivity contribution >= 4 is 6.29 Å². The third-order valence-electron chi connectivity index (χ3n) is 1.95. The van der Waals surface area contributed by atoms with Crippen LogP contribution in [0.2, 0.25) is 0 Å². The molecule has 0 bridgehead atoms. The van der Waals surface area contributed by atoms with Gasteiger partial charge in [0.2, 0.25) is 6.29 Å². The Morgan fingerprint density at radius 3 is 2.75 bits per heavy atom. The Morgan fingerprint density at radius 1 is 1.50 bits per heavy atom. The summed E-state index contributed by atoms with van der Waals surface area (Å²) in [6.45, 7) is 1.49. The summed E-state index contributed by atoms with van der Waals surface area (Å²) in [6, 6.07) is 3.49. The lowest BCUT2D eigenvalue weighted by atomic mass is 10.1. The fourth-order valence-corrected chi connectivity index (χ4v) is 1.35. The number of hydrogen-bond donors (Lipinski definition) is 2. The molecule has 1 aromatic rings. The van der Waals surface area contributed by atoms with Crippen molar-refractivity contribution < 1.29 is 9.21 Å². The molecule has 63 valence electrons. The van der Waals surface area contributed by atoms with Gasteiger partial charge in [0.15, 0.2) is 5.66 Å². The molecule has 0 unspecified atom stereocenters. The number of nitrogens with one attached hydrogen (secondary N) is 2. The fraction of sp³-hybridized carbons (Fsp3) is 0.375. The predicted molar refractivity (Wildman–Crippen MR) is 42.1 cm³/mol. The van der Waals surface area contributed by atoms with E-state index < -0.39 is 5.66 Å². The van der Waals surface area contributed by atoms with Gasteiger partial charge < -0.3 is 4.42 Å². The second kappa shape index (κ2) is 2.73. The zero-order valence-corrected chi connectivity index (χ0v) is 6.46. The number of carbonyl (C=O) groups excluding carboxylic acids is 1. The van der Waals surface area contributed by atoms with Crippen molar-refractivity contribution in [2.45, 2.75) is 5.66 Å². The smallest absolute Gasteiger partial charge is 0.244 e. The van der Waals surface area contributed by atoms with Gasteiger partial charge in [-0.3, -0.25) is 15.4 Å². The summed E-state index contributed by atoms with van der Waals surface area (Å²) in [7, 11) is 0. The molecular weight excluding hydrogens is 156 g/mol. The Kier molecular flexibility index (Phi) is 1.71. The van der Waals surface area contributed by atoms with Crippen molar-refractivity contribution in [3.63, 3.8) is 0 Å². The SMILES string of the molecule is O=[C]C1(c2ccco2)NCCN1. The van der Waals surface area contributed by atoms with E-state index in [1.54, 1.807) is 12.1 Å². The molecule has 1 aromatic heterocycles. The molecule has 0 aromatic carbocycles. The largest absolute Gasteiger partial charge is 0.465 e. The van der Waals surface area contributed by atoms with Crippen molar-refractivity contribution in [3.8, 4) is 0 Å². The average Bonchev–Trinajstić information content (AvgIpc) is 2.76. The zero-order chi connectivity index (χ0) is 8.44. The molecular formula is C8H9N2O2. The molecule has 0 atom stereocenters. The van der Waals surface area contributed by atoms with Crippen molar-refractivity contribution in [2.24, 2.45) is 0 Å². The van der Waals surface area contributed by atoms with Crippen molar-refractivity contribution in [2.75, 3.05) is 13.1 Å². The minimum Gasteiger partial charge on any atom is -0.465 e. The molecule has 0 aliphatic carbocycles. The number of furan rings is 1. The van der Waals surface area contributed by atoms with Crippen LogP contribution in [-0.2, 0) is 10.5 Å². The molecule has 2 rings (SSSR count). The highest BCUT2D eigenvalue weighted by Crippen LogP contribution is 2.18. The van der Waals surface area contributed by atoms with Gasteiger partial charge in [-0.25, -0.2) is 0 Å². The van der Waals surface area contributed by atoms with Gasteiger partial charge >= 0.3 is 0 Å². The van der Waals surface area contributed by atoms with E-state index >= 15 is 0 Å². The normalized spacial score (nSPS) is 21.0. The summed E-state index contributed by atoms with van der Waals surface area (Å²) >= 11 is 0. The van der Waals surface area contributed by atoms with Gasteiger partial charge in [-0.2, -0.15) is 0 Å². The van der Waals surface area contributed by atoms with Crippen LogP contribution in [0.15, 0.2) is 22.8 Å². The average molecular weight is 165 g/mol. The Morgan fingerprint density at radius 2 is 2.25 bits per heavy atom. The molecule has 1 fully saturated rings. The topological polar surface area (TPSA) is 54.3 Å². The molecule has 1 radical (unpaired) electrons. The second-order valence-corrected chi connectivity index (χ2v) is 2.68. The summed E-state index contributed by atoms with van der Waals surface area (Å²) in [6.07, 6.45) is 3.45. The van der Waals surface area contributed by atoms with Crippen LogP contribution < -0.4 is 10.6 Å². The molecule has 0 amide bonds. The quantitative estimate of drug-likeness (QED) is 0.633. The van der Waals surface area contributed by atoms with Crippen LogP contribution in [0.3, 0.4) is 0 Å². The fourth-order valence-electron chi connectivity index (χ4n) is 1.35. The molecule has 4 heteroatoms. The minimum atomic E-state index is -0.913. The van der Waals surface area contributed by atoms with Crippen molar-refractivity contribution in [3.05, 3.63) is 24.2 Å². The lowest BCUT2D eigenvalue weighted by Gasteiger charge is -2.18. The highest BCUT2D eigenvalue weighted by Gasteiger charge is 2.38. The summed E-state index contributed by atoms with van der Waals surface area (Å²) in [4.78, 5) is 10.7. The van der Waals surface area contributed by atoms with E-state index in [9.17, 15) is 4.79 Å². The van der Waals surface area contributed by atoms with Gasteiger partial charge in [0.25, 0.3) is 0 Å². The molecule has 1 aliphatic heterocycles. The first-order valence-electron chi connectivity index (χ1n) is 3.81. The van der Waals surface area contributed by atoms with Crippen LogP contribution in [0.25, 0.3) is 0 Å². The van der Waals surface area contributed by atoms with E-state index in [1.807, 2.05) is 6.29 Å². The van der Waals surface area contributed by atoms with E-state index in [0.29, 0.717) is 5.76 Å². The van der Waals surface area contributed by atoms with Crippen LogP contribution in [0.5, 0.6) is 0 Å². The van der Waals surface area contributed by atoms with E-state index in [4.69, 9.17) is 4.42 Å². The second-order valence-electron chi connectivity index (χ2n) is 2.68. The van der Waals surface area contributed by atoms with Gasteiger partial charge in [-0.1, -0.05) is 0 Å². The van der Waals surface area contributed by atoms with E-state index in [2.05, 4.69) is 10.6 Å². The third-order valence-corrected chi connectivity index (χ3v) is 1.95. The summed E-state index contributed by atoms with van der Waals surface area (Å²) in [5, 5.41) is 5.99. The van der Waals surface area contributed by atoms with Crippen molar-refractivity contribution in [1.29, 1.82) is 0 Å². The van der Waals surface area contributed by atoms with E-state index in [0.717, 1.165) is 13.1 Å².